The van der Waals surface area contributed by atoms with Crippen LogP contribution in [0, 0.1) is 0 Å². The summed E-state index contributed by atoms with van der Waals surface area (Å²) in [6, 6.07) is 3.20. The van der Waals surface area contributed by atoms with E-state index in [1.54, 1.807) is 6.07 Å². The Morgan fingerprint density at radius 1 is 1.29 bits per heavy atom. The molecule has 0 unspecified atom stereocenters. The van der Waals surface area contributed by atoms with Gasteiger partial charge >= 0.3 is 0 Å². The molecule has 24 heavy (non-hydrogen) atoms. The average Bonchev–Trinajstić information content (AvgIpc) is 2.51. The third-order valence-electron chi connectivity index (χ3n) is 3.85. The van der Waals surface area contributed by atoms with Crippen LogP contribution in [0.4, 0.5) is 17.1 Å². The van der Waals surface area contributed by atoms with Gasteiger partial charge in [0, 0.05) is 25.3 Å². The first-order valence-corrected chi connectivity index (χ1v) is 9.51. The molecular weight excluding hydrogens is 330 g/mol. The Labute approximate surface area is 143 Å². The molecule has 9 heteroatoms. The number of nitrogens with two attached hydrogens (primary N) is 2. The number of nitrogens with zero attached hydrogens (tertiary/aromatic N) is 2. The molecule has 1 heterocycles. The van der Waals surface area contributed by atoms with E-state index in [0.717, 1.165) is 18.7 Å². The van der Waals surface area contributed by atoms with E-state index in [-0.39, 0.29) is 4.90 Å². The number of ether oxygens (including phenoxy) is 1. The molecule has 0 radical (unpaired) electrons. The van der Waals surface area contributed by atoms with E-state index >= 15 is 0 Å². The minimum atomic E-state index is -3.88. The standard InChI is InChI=1S/C15H27N5O3S/c1-19(2)5-3-4-18-15-13(20-6-8-23-9-7-20)10-12(16)11-14(15)24(17,21)22/h10-11,18H,3-9,16H2,1-2H3,(H2,17,21,22). The third kappa shape index (κ3) is 4.97. The number of sulfonamides is 1. The number of nitrogen functional groups attached to an aromatic ring is 1. The molecule has 1 saturated heterocycles. The van der Waals surface area contributed by atoms with Crippen molar-refractivity contribution in [1.82, 2.24) is 4.90 Å². The Bertz CT molecular complexity index is 657. The van der Waals surface area contributed by atoms with E-state index in [2.05, 4.69) is 15.1 Å². The molecule has 1 aromatic rings. The summed E-state index contributed by atoms with van der Waals surface area (Å²) in [6.45, 7) is 4.10. The minimum absolute atomic E-state index is 0.0360. The number of benzene rings is 1. The summed E-state index contributed by atoms with van der Waals surface area (Å²) in [5.41, 5.74) is 7.57. The Hall–Kier alpha value is -1.55. The predicted molar refractivity (Wildman–Crippen MR) is 96.9 cm³/mol. The SMILES string of the molecule is CN(C)CCCNc1c(N2CCOCC2)cc(N)cc1S(N)(=O)=O. The third-order valence-corrected chi connectivity index (χ3v) is 4.78. The molecule has 0 amide bonds. The van der Waals surface area contributed by atoms with E-state index in [0.29, 0.717) is 44.2 Å². The van der Waals surface area contributed by atoms with Gasteiger partial charge in [-0.3, -0.25) is 0 Å². The van der Waals surface area contributed by atoms with Gasteiger partial charge < -0.3 is 25.6 Å². The molecule has 0 saturated carbocycles. The van der Waals surface area contributed by atoms with Crippen molar-refractivity contribution in [2.45, 2.75) is 11.3 Å². The van der Waals surface area contributed by atoms with Crippen molar-refractivity contribution in [1.29, 1.82) is 0 Å². The largest absolute Gasteiger partial charge is 0.399 e. The fourth-order valence-corrected chi connectivity index (χ4v) is 3.45. The Morgan fingerprint density at radius 2 is 1.96 bits per heavy atom. The van der Waals surface area contributed by atoms with Crippen LogP contribution in [0.15, 0.2) is 17.0 Å². The zero-order chi connectivity index (χ0) is 17.7. The molecule has 0 atom stereocenters. The number of primary sulfonamides is 1. The van der Waals surface area contributed by atoms with Crippen molar-refractivity contribution in [3.63, 3.8) is 0 Å². The van der Waals surface area contributed by atoms with Gasteiger partial charge in [-0.15, -0.1) is 0 Å². The van der Waals surface area contributed by atoms with Gasteiger partial charge in [-0.1, -0.05) is 0 Å². The Balaban J connectivity index is 2.34. The van der Waals surface area contributed by atoms with Crippen LogP contribution < -0.4 is 21.1 Å². The quantitative estimate of drug-likeness (QED) is 0.469. The zero-order valence-electron chi connectivity index (χ0n) is 14.3. The minimum Gasteiger partial charge on any atom is -0.399 e. The van der Waals surface area contributed by atoms with Crippen molar-refractivity contribution in [2.24, 2.45) is 5.14 Å². The van der Waals surface area contributed by atoms with Gasteiger partial charge in [0.15, 0.2) is 0 Å². The molecule has 0 bridgehead atoms. The maximum absolute atomic E-state index is 12.0. The lowest BCUT2D eigenvalue weighted by Crippen LogP contribution is -2.37. The van der Waals surface area contributed by atoms with Gasteiger partial charge in [0.25, 0.3) is 0 Å². The van der Waals surface area contributed by atoms with Gasteiger partial charge in [-0.2, -0.15) is 0 Å². The first kappa shape index (κ1) is 18.8. The summed E-state index contributed by atoms with van der Waals surface area (Å²) in [5.74, 6) is 0. The second-order valence-corrected chi connectivity index (χ2v) is 7.67. The molecule has 8 nitrogen and oxygen atoms in total. The smallest absolute Gasteiger partial charge is 0.240 e. The molecule has 0 aromatic heterocycles. The van der Waals surface area contributed by atoms with E-state index in [4.69, 9.17) is 15.6 Å². The second kappa shape index (κ2) is 8.02. The van der Waals surface area contributed by atoms with Crippen molar-refractivity contribution < 1.29 is 13.2 Å². The molecule has 2 rings (SSSR count). The van der Waals surface area contributed by atoms with E-state index in [1.807, 2.05) is 14.1 Å². The highest BCUT2D eigenvalue weighted by Gasteiger charge is 2.23. The van der Waals surface area contributed by atoms with Crippen LogP contribution in [-0.4, -0.2) is 66.8 Å². The highest BCUT2D eigenvalue weighted by Crippen LogP contribution is 2.35. The number of hydrogen-bond donors (Lipinski definition) is 3. The fourth-order valence-electron chi connectivity index (χ4n) is 2.69. The summed E-state index contributed by atoms with van der Waals surface area (Å²) >= 11 is 0. The van der Waals surface area contributed by atoms with E-state index in [9.17, 15) is 8.42 Å². The summed E-state index contributed by atoms with van der Waals surface area (Å²) < 4.78 is 29.4. The van der Waals surface area contributed by atoms with Crippen LogP contribution in [0.5, 0.6) is 0 Å². The lowest BCUT2D eigenvalue weighted by molar-refractivity contribution is 0.123. The number of nitrogens with one attached hydrogen (secondary N) is 1. The molecule has 1 aromatic carbocycles. The lowest BCUT2D eigenvalue weighted by atomic mass is 10.2. The summed E-state index contributed by atoms with van der Waals surface area (Å²) in [6.07, 6.45) is 0.879. The Kier molecular flexibility index (Phi) is 6.27. The Morgan fingerprint density at radius 3 is 2.54 bits per heavy atom. The predicted octanol–water partition coefficient (Wildman–Crippen LogP) is 0.116. The van der Waals surface area contributed by atoms with Crippen LogP contribution in [0.1, 0.15) is 6.42 Å². The number of anilines is 3. The van der Waals surface area contributed by atoms with E-state index in [1.165, 1.54) is 6.07 Å². The maximum Gasteiger partial charge on any atom is 0.240 e. The van der Waals surface area contributed by atoms with Crippen molar-refractivity contribution in [3.8, 4) is 0 Å². The van der Waals surface area contributed by atoms with Gasteiger partial charge in [-0.25, -0.2) is 13.6 Å². The summed E-state index contributed by atoms with van der Waals surface area (Å²) in [7, 11) is 0.115. The average molecular weight is 357 g/mol. The highest BCUT2D eigenvalue weighted by atomic mass is 32.2. The first-order chi connectivity index (χ1) is 11.3. The van der Waals surface area contributed by atoms with Crippen molar-refractivity contribution in [3.05, 3.63) is 12.1 Å². The van der Waals surface area contributed by atoms with Gasteiger partial charge in [0.2, 0.25) is 10.0 Å². The molecule has 1 fully saturated rings. The molecule has 136 valence electrons. The monoisotopic (exact) mass is 357 g/mol. The second-order valence-electron chi connectivity index (χ2n) is 6.14. The highest BCUT2D eigenvalue weighted by molar-refractivity contribution is 7.89. The first-order valence-electron chi connectivity index (χ1n) is 7.96. The molecule has 0 spiro atoms. The van der Waals surface area contributed by atoms with Crippen molar-refractivity contribution >= 4 is 27.1 Å². The molecule has 1 aliphatic heterocycles. The lowest BCUT2D eigenvalue weighted by Gasteiger charge is -2.31. The number of morpholine rings is 1. The summed E-state index contributed by atoms with van der Waals surface area (Å²) in [5, 5.41) is 8.65. The van der Waals surface area contributed by atoms with Crippen LogP contribution in [-0.2, 0) is 14.8 Å². The summed E-state index contributed by atoms with van der Waals surface area (Å²) in [4.78, 5) is 4.19. The molecule has 0 aliphatic carbocycles. The molecular formula is C15H27N5O3S. The van der Waals surface area contributed by atoms with Gasteiger partial charge in [-0.05, 0) is 39.2 Å². The maximum atomic E-state index is 12.0. The number of rotatable bonds is 7. The van der Waals surface area contributed by atoms with E-state index < -0.39 is 10.0 Å². The van der Waals surface area contributed by atoms with Gasteiger partial charge in [0.05, 0.1) is 24.6 Å². The van der Waals surface area contributed by atoms with Crippen molar-refractivity contribution in [2.75, 3.05) is 69.4 Å². The van der Waals surface area contributed by atoms with Gasteiger partial charge in [0.1, 0.15) is 4.90 Å². The number of hydrogen-bond acceptors (Lipinski definition) is 7. The van der Waals surface area contributed by atoms with Crippen LogP contribution in [0.3, 0.4) is 0 Å². The zero-order valence-corrected chi connectivity index (χ0v) is 15.1. The van der Waals surface area contributed by atoms with Crippen LogP contribution >= 0.6 is 0 Å². The topological polar surface area (TPSA) is 114 Å². The van der Waals surface area contributed by atoms with Crippen LogP contribution in [0.25, 0.3) is 0 Å². The fraction of sp³-hybridized carbons (Fsp3) is 0.600. The molecule has 5 N–H and O–H groups in total. The normalized spacial score (nSPS) is 15.8. The van der Waals surface area contributed by atoms with Crippen LogP contribution in [0.2, 0.25) is 0 Å². The molecule has 1 aliphatic rings.